The third kappa shape index (κ3) is 48.0. The molecule has 2 unspecified atom stereocenters. The molecule has 0 radical (unpaired) electrons. The highest BCUT2D eigenvalue weighted by Crippen LogP contribution is 2.30. The zero-order chi connectivity index (χ0) is 78.5. The second kappa shape index (κ2) is 51.3. The minimum Gasteiger partial charge on any atom is -0.481 e. The maximum absolute atomic E-state index is 11.7. The van der Waals surface area contributed by atoms with Crippen molar-refractivity contribution in [2.45, 2.75) is 320 Å². The molecule has 22 nitrogen and oxygen atoms in total. The number of rotatable bonds is 28. The van der Waals surface area contributed by atoms with Crippen molar-refractivity contribution < 1.29 is 106 Å². The molecule has 0 aliphatic heterocycles. The predicted molar refractivity (Wildman–Crippen MR) is 383 cm³/mol. The Morgan fingerprint density at radius 1 is 0.337 bits per heavy atom. The smallest absolute Gasteiger partial charge is 0.333 e. The molecule has 0 heterocycles. The number of carboxylic acid groups (broad SMARTS) is 2. The minimum atomic E-state index is -1.02. The lowest BCUT2D eigenvalue weighted by Gasteiger charge is -2.27. The summed E-state index contributed by atoms with van der Waals surface area (Å²) in [7, 11) is 2.83. The van der Waals surface area contributed by atoms with E-state index in [2.05, 4.69) is 22.6 Å². The van der Waals surface area contributed by atoms with Gasteiger partial charge < -0.3 is 58.3 Å². The topological polar surface area (TPSA) is 325 Å². The molecule has 4 N–H and O–H groups in total. The van der Waals surface area contributed by atoms with E-state index in [1.807, 2.05) is 111 Å². The van der Waals surface area contributed by atoms with Gasteiger partial charge in [0.2, 0.25) is 0 Å². The van der Waals surface area contributed by atoms with Gasteiger partial charge in [-0.2, -0.15) is 0 Å². The molecule has 2 rings (SSSR count). The lowest BCUT2D eigenvalue weighted by Crippen LogP contribution is -2.31. The first-order valence-electron chi connectivity index (χ1n) is 35.0. The van der Waals surface area contributed by atoms with Gasteiger partial charge in [-0.1, -0.05) is 81.4 Å². The van der Waals surface area contributed by atoms with Crippen LogP contribution in [0.4, 0.5) is 0 Å². The second-order valence-corrected chi connectivity index (χ2v) is 30.1. The maximum Gasteiger partial charge on any atom is 0.333 e. The van der Waals surface area contributed by atoms with Crippen LogP contribution in [0.5, 0.6) is 0 Å². The first-order chi connectivity index (χ1) is 44.6. The van der Waals surface area contributed by atoms with Gasteiger partial charge in [0.1, 0.15) is 50.8 Å². The summed E-state index contributed by atoms with van der Waals surface area (Å²) in [4.78, 5) is 111. The molecule has 2 aliphatic carbocycles. The van der Waals surface area contributed by atoms with Crippen molar-refractivity contribution in [2.24, 2.45) is 43.3 Å². The highest BCUT2D eigenvalue weighted by molar-refractivity contribution is 5.87. The van der Waals surface area contributed by atoms with Crippen molar-refractivity contribution in [3.05, 3.63) is 24.3 Å². The molecule has 0 saturated heterocycles. The Bertz CT molecular complexity index is 2200. The van der Waals surface area contributed by atoms with Gasteiger partial charge in [0, 0.05) is 11.1 Å². The molecule has 98 heavy (non-hydrogen) atoms. The molecule has 0 amide bonds. The molecule has 2 saturated carbocycles. The summed E-state index contributed by atoms with van der Waals surface area (Å²) in [6.45, 7) is 53.8. The summed E-state index contributed by atoms with van der Waals surface area (Å²) < 4.78 is 39.5. The van der Waals surface area contributed by atoms with Crippen LogP contribution in [0.1, 0.15) is 296 Å². The highest BCUT2D eigenvalue weighted by Gasteiger charge is 2.33. The van der Waals surface area contributed by atoms with E-state index in [0.717, 1.165) is 51.4 Å². The number of aliphatic hydroxyl groups is 2. The number of methoxy groups -OCH3 is 2. The van der Waals surface area contributed by atoms with Crippen LogP contribution in [-0.2, 0) is 85.8 Å². The van der Waals surface area contributed by atoms with Crippen molar-refractivity contribution in [3.8, 4) is 0 Å². The Kier molecular flexibility index (Phi) is 53.9. The standard InChI is InChI=1S/2C13H22O5.2C12H22O2.2C7H14O2.2C6H12O2/c2*1-6-13(4,5)12(16)18-8-10(14)7-17-11(15)9(2)3;2*1-4-12(2,3)11(13)14-10-8-6-5-7-9-10;2*1-5-7(2,3)6(8)9-4;2*1-4-6(2,3)5(7)8/h2*10,14H,2,6-8H2,1,3-5H3;2*10H,4-9H2,1-3H3;2*5H2,1-4H3;2*4H2,1-3H3,(H,7,8). The number of hydrogen-bond acceptors (Lipinski definition) is 20. The second-order valence-electron chi connectivity index (χ2n) is 30.1. The molecule has 0 aromatic rings. The third-order valence-corrected chi connectivity index (χ3v) is 17.9. The number of hydrogen-bond donors (Lipinski definition) is 4. The first-order valence-corrected chi connectivity index (χ1v) is 35.0. The lowest BCUT2D eigenvalue weighted by molar-refractivity contribution is -0.162. The van der Waals surface area contributed by atoms with Gasteiger partial charge >= 0.3 is 59.7 Å². The van der Waals surface area contributed by atoms with E-state index in [1.165, 1.54) is 66.6 Å². The van der Waals surface area contributed by atoms with Crippen molar-refractivity contribution in [1.82, 2.24) is 0 Å². The van der Waals surface area contributed by atoms with Gasteiger partial charge in [-0.3, -0.25) is 38.4 Å². The predicted octanol–water partition coefficient (Wildman–Crippen LogP) is 15.7. The summed E-state index contributed by atoms with van der Waals surface area (Å²) in [5.41, 5.74) is -2.96. The van der Waals surface area contributed by atoms with E-state index < -0.39 is 57.7 Å². The van der Waals surface area contributed by atoms with Gasteiger partial charge in [-0.25, -0.2) is 9.59 Å². The number of carbonyl (C=O) groups excluding carboxylic acids is 8. The van der Waals surface area contributed by atoms with Crippen molar-refractivity contribution in [1.29, 1.82) is 0 Å². The van der Waals surface area contributed by atoms with Gasteiger partial charge in [-0.05, 0) is 227 Å². The van der Waals surface area contributed by atoms with E-state index in [9.17, 15) is 58.2 Å². The molecule has 0 bridgehead atoms. The summed E-state index contributed by atoms with van der Waals surface area (Å²) in [6, 6.07) is 0. The molecular weight excluding hydrogens is 1260 g/mol. The van der Waals surface area contributed by atoms with Crippen LogP contribution < -0.4 is 0 Å². The van der Waals surface area contributed by atoms with Gasteiger partial charge in [0.15, 0.2) is 0 Å². The summed E-state index contributed by atoms with van der Waals surface area (Å²) in [5, 5.41) is 35.8. The number of carbonyl (C=O) groups is 10. The lowest BCUT2D eigenvalue weighted by atomic mass is 9.90. The fraction of sp³-hybridized carbons (Fsp3) is 0.816. The monoisotopic (exact) mass is 1400 g/mol. The Morgan fingerprint density at radius 2 is 0.531 bits per heavy atom. The number of aliphatic carboxylic acids is 2. The Hall–Kier alpha value is -5.90. The van der Waals surface area contributed by atoms with Crippen LogP contribution >= 0.6 is 0 Å². The van der Waals surface area contributed by atoms with Gasteiger partial charge in [0.05, 0.1) is 57.5 Å². The summed E-state index contributed by atoms with van der Waals surface area (Å²) in [5.74, 6) is -3.66. The van der Waals surface area contributed by atoms with Crippen LogP contribution in [0.25, 0.3) is 0 Å². The van der Waals surface area contributed by atoms with E-state index >= 15 is 0 Å². The van der Waals surface area contributed by atoms with Crippen LogP contribution in [0.15, 0.2) is 24.3 Å². The number of aliphatic hydroxyl groups excluding tert-OH is 2. The van der Waals surface area contributed by atoms with Crippen molar-refractivity contribution in [2.75, 3.05) is 40.6 Å². The quantitative estimate of drug-likeness (QED) is 0.0321. The van der Waals surface area contributed by atoms with Gasteiger partial charge in [0.25, 0.3) is 0 Å². The van der Waals surface area contributed by atoms with E-state index in [-0.39, 0.29) is 107 Å². The zero-order valence-corrected chi connectivity index (χ0v) is 66.4. The van der Waals surface area contributed by atoms with E-state index in [0.29, 0.717) is 25.7 Å². The largest absolute Gasteiger partial charge is 0.481 e. The van der Waals surface area contributed by atoms with Crippen molar-refractivity contribution >= 4 is 59.7 Å². The molecule has 576 valence electrons. The molecule has 0 aromatic heterocycles. The van der Waals surface area contributed by atoms with Crippen molar-refractivity contribution in [3.63, 3.8) is 0 Å². The normalized spacial score (nSPS) is 14.1. The Labute approximate surface area is 591 Å². The SMILES string of the molecule is C=C(C)C(=O)OCC(O)COC(=O)C(C)(C)CC.C=C(C)C(=O)OCC(O)COC(=O)C(C)(C)CC.CCC(C)(C)C(=O)O.CCC(C)(C)C(=O)O.CCC(C)(C)C(=O)OC.CCC(C)(C)C(=O)OC.CCC(C)(C)C(=O)OC1CCCCC1.CCC(C)(C)C(=O)OC1CCCCC1. The van der Waals surface area contributed by atoms with Gasteiger partial charge in [-0.15, -0.1) is 0 Å². The first kappa shape index (κ1) is 103. The summed E-state index contributed by atoms with van der Waals surface area (Å²) in [6.07, 6.45) is 16.0. The van der Waals surface area contributed by atoms with E-state index in [1.54, 1.807) is 55.4 Å². The van der Waals surface area contributed by atoms with Crippen LogP contribution in [0.2, 0.25) is 0 Å². The Morgan fingerprint density at radius 3 is 0.694 bits per heavy atom. The summed E-state index contributed by atoms with van der Waals surface area (Å²) >= 11 is 0. The average Bonchev–Trinajstić information content (AvgIpc) is 0.949. The molecule has 2 aliphatic rings. The molecule has 0 aromatic carbocycles. The zero-order valence-electron chi connectivity index (χ0n) is 66.4. The molecular formula is C76H140O22. The van der Waals surface area contributed by atoms with Crippen LogP contribution in [-0.4, -0.2) is 145 Å². The fourth-order valence-corrected chi connectivity index (χ4v) is 6.13. The number of ether oxygens (including phenoxy) is 8. The molecule has 2 atom stereocenters. The van der Waals surface area contributed by atoms with Crippen LogP contribution in [0.3, 0.4) is 0 Å². The third-order valence-electron chi connectivity index (χ3n) is 17.9. The highest BCUT2D eigenvalue weighted by atomic mass is 16.6. The average molecular weight is 1410 g/mol. The maximum atomic E-state index is 11.7. The molecule has 2 fully saturated rings. The molecule has 22 heteroatoms. The number of carboxylic acids is 2. The molecule has 0 spiro atoms. The number of esters is 8. The van der Waals surface area contributed by atoms with E-state index in [4.69, 9.17) is 38.6 Å². The Balaban J connectivity index is -0.000000252. The van der Waals surface area contributed by atoms with Crippen LogP contribution in [0, 0.1) is 43.3 Å². The fourth-order valence-electron chi connectivity index (χ4n) is 6.13. The minimum absolute atomic E-state index is 0.0214.